The fourth-order valence-electron chi connectivity index (χ4n) is 1.64. The minimum absolute atomic E-state index is 0. The smallest absolute Gasteiger partial charge is 0.231 e. The lowest BCUT2D eigenvalue weighted by molar-refractivity contribution is 0.101. The number of fused-ring (bicyclic) bond motifs is 1. The van der Waals surface area contributed by atoms with E-state index in [2.05, 4.69) is 0 Å². The van der Waals surface area contributed by atoms with Crippen LogP contribution in [0, 0.1) is 0 Å². The molecular weight excluding hydrogens is 232 g/mol. The molecule has 0 radical (unpaired) electrons. The van der Waals surface area contributed by atoms with Gasteiger partial charge in [0.15, 0.2) is 5.76 Å². The quantitative estimate of drug-likeness (QED) is 0.709. The maximum atomic E-state index is 11.9. The number of rotatable bonds is 1. The molecule has 1 aromatic heterocycles. The Hall–Kier alpha value is -1.87. The predicted molar refractivity (Wildman–Crippen MR) is 70.4 cm³/mol. The van der Waals surface area contributed by atoms with Crippen LogP contribution in [0.5, 0.6) is 5.75 Å². The van der Waals surface area contributed by atoms with Crippen LogP contribution in [0.3, 0.4) is 0 Å². The molecule has 0 fully saturated rings. The summed E-state index contributed by atoms with van der Waals surface area (Å²) in [5.41, 5.74) is 0.644. The highest BCUT2D eigenvalue weighted by molar-refractivity contribution is 7.10. The Kier molecular flexibility index (Phi) is 3.11. The Morgan fingerprint density at radius 1 is 1.12 bits per heavy atom. The van der Waals surface area contributed by atoms with Gasteiger partial charge in [0, 0.05) is 11.0 Å². The molecule has 0 unspecified atom stereocenters. The number of ketones is 1. The number of benzene rings is 1. The first-order chi connectivity index (χ1) is 7.84. The normalized spacial score (nSPS) is 15.3. The Morgan fingerprint density at radius 3 is 2.65 bits per heavy atom. The van der Waals surface area contributed by atoms with Crippen molar-refractivity contribution in [3.63, 3.8) is 0 Å². The molecule has 86 valence electrons. The lowest BCUT2D eigenvalue weighted by Crippen LogP contribution is -1.97. The first-order valence-electron chi connectivity index (χ1n) is 4.91. The first-order valence-corrected chi connectivity index (χ1v) is 5.79. The van der Waals surface area contributed by atoms with Crippen LogP contribution in [0.4, 0.5) is 0 Å². The summed E-state index contributed by atoms with van der Waals surface area (Å²) in [4.78, 5) is 13.0. The van der Waals surface area contributed by atoms with Gasteiger partial charge in [-0.3, -0.25) is 4.79 Å². The number of allylic oxidation sites excluding steroid dienone is 1. The monoisotopic (exact) mass is 244 g/mol. The summed E-state index contributed by atoms with van der Waals surface area (Å²) in [5.74, 6) is 1.02. The second-order valence-electron chi connectivity index (χ2n) is 3.45. The molecule has 0 bridgehead atoms. The van der Waals surface area contributed by atoms with Gasteiger partial charge in [0.25, 0.3) is 0 Å². The topological polar surface area (TPSA) is 26.3 Å². The number of carbonyl (C=O) groups excluding carboxylic acids is 1. The zero-order chi connectivity index (χ0) is 11.0. The average molecular weight is 244 g/mol. The van der Waals surface area contributed by atoms with Crippen LogP contribution in [-0.4, -0.2) is 5.78 Å². The van der Waals surface area contributed by atoms with E-state index in [4.69, 9.17) is 4.74 Å². The summed E-state index contributed by atoms with van der Waals surface area (Å²) < 4.78 is 5.51. The highest BCUT2D eigenvalue weighted by atomic mass is 32.1. The Bertz CT molecular complexity index is 568. The third kappa shape index (κ3) is 2.01. The average Bonchev–Trinajstić information content (AvgIpc) is 2.90. The minimum Gasteiger partial charge on any atom is -0.452 e. The lowest BCUT2D eigenvalue weighted by atomic mass is 10.1. The van der Waals surface area contributed by atoms with E-state index in [0.29, 0.717) is 17.1 Å². The molecule has 3 heteroatoms. The molecule has 0 saturated heterocycles. The molecule has 0 saturated carbocycles. The van der Waals surface area contributed by atoms with Gasteiger partial charge in [-0.2, -0.15) is 0 Å². The summed E-state index contributed by atoms with van der Waals surface area (Å²) in [5, 5.41) is 1.97. The maximum absolute atomic E-state index is 11.9. The van der Waals surface area contributed by atoms with Crippen LogP contribution in [0.1, 0.15) is 22.7 Å². The molecule has 0 atom stereocenters. The zero-order valence-electron chi connectivity index (χ0n) is 8.34. The van der Waals surface area contributed by atoms with Crippen molar-refractivity contribution in [2.75, 3.05) is 0 Å². The second-order valence-corrected chi connectivity index (χ2v) is 4.43. The second kappa shape index (κ2) is 4.55. The van der Waals surface area contributed by atoms with Gasteiger partial charge < -0.3 is 4.74 Å². The standard InChI is InChI=1S/C13H8O2S.CH4/c14-13-10-5-1-2-6-11(10)15-12(13)8-9-4-3-7-16-9;/h1-8H;1H4/b12-8-;. The Labute approximate surface area is 104 Å². The van der Waals surface area contributed by atoms with Crippen molar-refractivity contribution in [3.05, 3.63) is 58.0 Å². The number of carbonyl (C=O) groups is 1. The van der Waals surface area contributed by atoms with Crippen molar-refractivity contribution >= 4 is 23.2 Å². The van der Waals surface area contributed by atoms with Gasteiger partial charge in [0.2, 0.25) is 5.78 Å². The number of thiophene rings is 1. The first kappa shape index (κ1) is 11.6. The molecular formula is C14H12O2S. The van der Waals surface area contributed by atoms with Gasteiger partial charge in [-0.25, -0.2) is 0 Å². The third-order valence-corrected chi connectivity index (χ3v) is 3.21. The van der Waals surface area contributed by atoms with Crippen LogP contribution >= 0.6 is 11.3 Å². The molecule has 1 aliphatic rings. The highest BCUT2D eigenvalue weighted by Crippen LogP contribution is 2.31. The van der Waals surface area contributed by atoms with Gasteiger partial charge >= 0.3 is 0 Å². The van der Waals surface area contributed by atoms with Crippen LogP contribution in [0.25, 0.3) is 6.08 Å². The van der Waals surface area contributed by atoms with E-state index in [9.17, 15) is 4.79 Å². The SMILES string of the molecule is C.O=C1/C(=C/c2cccs2)Oc2ccccc21. The molecule has 2 aromatic rings. The number of Topliss-reactive ketones (excluding diaryl/α,β-unsaturated/α-hetero) is 1. The minimum atomic E-state index is -0.0380. The Balaban J connectivity index is 0.00000108. The van der Waals surface area contributed by atoms with E-state index in [1.54, 1.807) is 23.5 Å². The molecule has 0 N–H and O–H groups in total. The van der Waals surface area contributed by atoms with Crippen molar-refractivity contribution < 1.29 is 9.53 Å². The molecule has 2 heterocycles. The molecule has 0 aliphatic carbocycles. The summed E-state index contributed by atoms with van der Waals surface area (Å²) in [6, 6.07) is 11.2. The Morgan fingerprint density at radius 2 is 1.94 bits per heavy atom. The molecule has 1 aromatic carbocycles. The van der Waals surface area contributed by atoms with Gasteiger partial charge in [0.05, 0.1) is 5.56 Å². The van der Waals surface area contributed by atoms with Crippen molar-refractivity contribution in [2.45, 2.75) is 7.43 Å². The zero-order valence-corrected chi connectivity index (χ0v) is 9.16. The summed E-state index contributed by atoms with van der Waals surface area (Å²) in [6.45, 7) is 0. The van der Waals surface area contributed by atoms with E-state index < -0.39 is 0 Å². The summed E-state index contributed by atoms with van der Waals surface area (Å²) in [7, 11) is 0. The van der Waals surface area contributed by atoms with Gasteiger partial charge in [-0.1, -0.05) is 25.6 Å². The molecule has 2 nitrogen and oxygen atoms in total. The van der Waals surface area contributed by atoms with Crippen molar-refractivity contribution in [1.29, 1.82) is 0 Å². The van der Waals surface area contributed by atoms with Crippen molar-refractivity contribution in [2.24, 2.45) is 0 Å². The van der Waals surface area contributed by atoms with Gasteiger partial charge in [-0.15, -0.1) is 11.3 Å². The lowest BCUT2D eigenvalue weighted by Gasteiger charge is -1.95. The molecule has 0 amide bonds. The molecule has 0 spiro atoms. The fraction of sp³-hybridized carbons (Fsp3) is 0.0714. The highest BCUT2D eigenvalue weighted by Gasteiger charge is 2.26. The largest absolute Gasteiger partial charge is 0.452 e. The number of hydrogen-bond donors (Lipinski definition) is 0. The summed E-state index contributed by atoms with van der Waals surface area (Å²) in [6.07, 6.45) is 1.78. The molecule has 17 heavy (non-hydrogen) atoms. The van der Waals surface area contributed by atoms with Crippen LogP contribution in [0.2, 0.25) is 0 Å². The van der Waals surface area contributed by atoms with E-state index >= 15 is 0 Å². The van der Waals surface area contributed by atoms with Crippen molar-refractivity contribution in [1.82, 2.24) is 0 Å². The molecule has 1 aliphatic heterocycles. The maximum Gasteiger partial charge on any atom is 0.231 e. The fourth-order valence-corrected chi connectivity index (χ4v) is 2.28. The van der Waals surface area contributed by atoms with Crippen LogP contribution in [-0.2, 0) is 0 Å². The summed E-state index contributed by atoms with van der Waals surface area (Å²) >= 11 is 1.58. The van der Waals surface area contributed by atoms with Crippen LogP contribution in [0.15, 0.2) is 47.5 Å². The van der Waals surface area contributed by atoms with E-state index in [1.165, 1.54) is 0 Å². The van der Waals surface area contributed by atoms with E-state index in [0.717, 1.165) is 4.88 Å². The predicted octanol–water partition coefficient (Wildman–Crippen LogP) is 4.00. The van der Waals surface area contributed by atoms with Crippen molar-refractivity contribution in [3.8, 4) is 5.75 Å². The third-order valence-electron chi connectivity index (χ3n) is 2.39. The van der Waals surface area contributed by atoms with Gasteiger partial charge in [0.1, 0.15) is 5.75 Å². The number of hydrogen-bond acceptors (Lipinski definition) is 3. The number of ether oxygens (including phenoxy) is 1. The van der Waals surface area contributed by atoms with E-state index in [-0.39, 0.29) is 13.2 Å². The van der Waals surface area contributed by atoms with E-state index in [1.807, 2.05) is 35.7 Å². The van der Waals surface area contributed by atoms with Gasteiger partial charge in [-0.05, 0) is 23.6 Å². The number of para-hydroxylation sites is 1. The van der Waals surface area contributed by atoms with Crippen LogP contribution < -0.4 is 4.74 Å². The molecule has 3 rings (SSSR count).